The van der Waals surface area contributed by atoms with Crippen LogP contribution in [0.2, 0.25) is 0 Å². The SMILES string of the molecule is Cc1ccc(C)c(CCNC(=O)C2=NNC(=O)CC2)c1. The Morgan fingerprint density at radius 2 is 2.15 bits per heavy atom. The average molecular weight is 273 g/mol. The van der Waals surface area contributed by atoms with Gasteiger partial charge in [0.05, 0.1) is 0 Å². The zero-order valence-electron chi connectivity index (χ0n) is 11.8. The second-order valence-corrected chi connectivity index (χ2v) is 5.03. The molecular formula is C15H19N3O2. The van der Waals surface area contributed by atoms with Crippen LogP contribution in [0, 0.1) is 13.8 Å². The molecule has 106 valence electrons. The van der Waals surface area contributed by atoms with Crippen LogP contribution >= 0.6 is 0 Å². The Labute approximate surface area is 118 Å². The van der Waals surface area contributed by atoms with Crippen molar-refractivity contribution in [1.82, 2.24) is 10.7 Å². The molecule has 1 aromatic carbocycles. The first kappa shape index (κ1) is 14.2. The lowest BCUT2D eigenvalue weighted by atomic mass is 10.0. The van der Waals surface area contributed by atoms with Gasteiger partial charge in [-0.2, -0.15) is 5.10 Å². The quantitative estimate of drug-likeness (QED) is 0.866. The Bertz CT molecular complexity index is 564. The fourth-order valence-electron chi connectivity index (χ4n) is 2.12. The zero-order valence-corrected chi connectivity index (χ0v) is 11.8. The summed E-state index contributed by atoms with van der Waals surface area (Å²) in [5, 5.41) is 6.61. The third-order valence-corrected chi connectivity index (χ3v) is 3.35. The Morgan fingerprint density at radius 1 is 1.35 bits per heavy atom. The number of nitrogens with one attached hydrogen (secondary N) is 2. The number of aryl methyl sites for hydroxylation is 2. The maximum atomic E-state index is 11.9. The standard InChI is InChI=1S/C15H19N3O2/c1-10-3-4-11(2)12(9-10)7-8-16-15(20)13-5-6-14(19)18-17-13/h3-4,9H,5-8H2,1-2H3,(H,16,20)(H,18,19). The molecule has 0 spiro atoms. The van der Waals surface area contributed by atoms with E-state index in [-0.39, 0.29) is 11.8 Å². The summed E-state index contributed by atoms with van der Waals surface area (Å²) in [6.07, 6.45) is 1.52. The summed E-state index contributed by atoms with van der Waals surface area (Å²) in [4.78, 5) is 22.8. The molecule has 1 aliphatic rings. The van der Waals surface area contributed by atoms with E-state index in [4.69, 9.17) is 0 Å². The van der Waals surface area contributed by atoms with E-state index in [0.717, 1.165) is 6.42 Å². The molecule has 0 aliphatic carbocycles. The molecule has 0 aromatic heterocycles. The van der Waals surface area contributed by atoms with Gasteiger partial charge in [0.15, 0.2) is 0 Å². The number of carbonyl (C=O) groups is 2. The van der Waals surface area contributed by atoms with Gasteiger partial charge in [-0.3, -0.25) is 9.59 Å². The van der Waals surface area contributed by atoms with Gasteiger partial charge in [-0.25, -0.2) is 5.43 Å². The molecule has 0 unspecified atom stereocenters. The molecule has 2 amide bonds. The number of hydrogen-bond donors (Lipinski definition) is 2. The molecule has 0 atom stereocenters. The number of carbonyl (C=O) groups excluding carboxylic acids is 2. The summed E-state index contributed by atoms with van der Waals surface area (Å²) >= 11 is 0. The zero-order chi connectivity index (χ0) is 14.5. The molecule has 0 fully saturated rings. The molecule has 5 nitrogen and oxygen atoms in total. The van der Waals surface area contributed by atoms with Gasteiger partial charge in [0.2, 0.25) is 5.91 Å². The van der Waals surface area contributed by atoms with E-state index in [1.165, 1.54) is 16.7 Å². The molecule has 2 N–H and O–H groups in total. The van der Waals surface area contributed by atoms with Crippen molar-refractivity contribution < 1.29 is 9.59 Å². The van der Waals surface area contributed by atoms with E-state index in [1.807, 2.05) is 0 Å². The normalized spacial score (nSPS) is 14.5. The van der Waals surface area contributed by atoms with Crippen LogP contribution in [0.3, 0.4) is 0 Å². The van der Waals surface area contributed by atoms with Crippen molar-refractivity contribution in [2.24, 2.45) is 5.10 Å². The van der Waals surface area contributed by atoms with Crippen LogP contribution in [-0.2, 0) is 16.0 Å². The van der Waals surface area contributed by atoms with Gasteiger partial charge in [-0.05, 0) is 31.4 Å². The average Bonchev–Trinajstić information content (AvgIpc) is 2.43. The van der Waals surface area contributed by atoms with E-state index in [2.05, 4.69) is 47.9 Å². The highest BCUT2D eigenvalue weighted by Crippen LogP contribution is 2.10. The van der Waals surface area contributed by atoms with Gasteiger partial charge in [0.1, 0.15) is 5.71 Å². The lowest BCUT2D eigenvalue weighted by Gasteiger charge is -2.12. The maximum Gasteiger partial charge on any atom is 0.267 e. The number of nitrogens with zero attached hydrogens (tertiary/aromatic N) is 1. The fourth-order valence-corrected chi connectivity index (χ4v) is 2.12. The molecular weight excluding hydrogens is 254 g/mol. The Morgan fingerprint density at radius 3 is 2.85 bits per heavy atom. The minimum absolute atomic E-state index is 0.142. The fraction of sp³-hybridized carbons (Fsp3) is 0.400. The molecule has 0 saturated heterocycles. The minimum atomic E-state index is -0.199. The van der Waals surface area contributed by atoms with Gasteiger partial charge in [-0.1, -0.05) is 23.8 Å². The second-order valence-electron chi connectivity index (χ2n) is 5.03. The van der Waals surface area contributed by atoms with Crippen LogP contribution in [0.5, 0.6) is 0 Å². The van der Waals surface area contributed by atoms with Crippen molar-refractivity contribution >= 4 is 17.5 Å². The molecule has 1 aliphatic heterocycles. The van der Waals surface area contributed by atoms with E-state index in [1.54, 1.807) is 0 Å². The Balaban J connectivity index is 1.85. The number of hydrazone groups is 1. The van der Waals surface area contributed by atoms with Gasteiger partial charge in [-0.15, -0.1) is 0 Å². The van der Waals surface area contributed by atoms with Gasteiger partial charge in [0, 0.05) is 19.4 Å². The largest absolute Gasteiger partial charge is 0.351 e. The van der Waals surface area contributed by atoms with Crippen molar-refractivity contribution in [3.8, 4) is 0 Å². The van der Waals surface area contributed by atoms with Gasteiger partial charge in [0.25, 0.3) is 5.91 Å². The van der Waals surface area contributed by atoms with E-state index < -0.39 is 0 Å². The van der Waals surface area contributed by atoms with Crippen molar-refractivity contribution in [3.63, 3.8) is 0 Å². The predicted octanol–water partition coefficient (Wildman–Crippen LogP) is 1.23. The van der Waals surface area contributed by atoms with Crippen molar-refractivity contribution in [2.45, 2.75) is 33.1 Å². The molecule has 0 bridgehead atoms. The molecule has 5 heteroatoms. The first-order chi connectivity index (χ1) is 9.56. The Kier molecular flexibility index (Phi) is 4.50. The topological polar surface area (TPSA) is 70.6 Å². The van der Waals surface area contributed by atoms with Crippen LogP contribution in [0.15, 0.2) is 23.3 Å². The Hall–Kier alpha value is -2.17. The van der Waals surface area contributed by atoms with Crippen LogP contribution in [-0.4, -0.2) is 24.1 Å². The molecule has 0 saturated carbocycles. The number of hydrogen-bond acceptors (Lipinski definition) is 3. The van der Waals surface area contributed by atoms with E-state index in [0.29, 0.717) is 25.1 Å². The summed E-state index contributed by atoms with van der Waals surface area (Å²) in [7, 11) is 0. The summed E-state index contributed by atoms with van der Waals surface area (Å²) in [6.45, 7) is 4.69. The predicted molar refractivity (Wildman–Crippen MR) is 77.4 cm³/mol. The number of rotatable bonds is 4. The van der Waals surface area contributed by atoms with E-state index >= 15 is 0 Å². The van der Waals surface area contributed by atoms with Crippen molar-refractivity contribution in [3.05, 3.63) is 34.9 Å². The molecule has 1 aromatic rings. The van der Waals surface area contributed by atoms with Crippen LogP contribution in [0.1, 0.15) is 29.5 Å². The van der Waals surface area contributed by atoms with Crippen molar-refractivity contribution in [2.75, 3.05) is 6.54 Å². The third kappa shape index (κ3) is 3.66. The van der Waals surface area contributed by atoms with Crippen LogP contribution < -0.4 is 10.7 Å². The van der Waals surface area contributed by atoms with E-state index in [9.17, 15) is 9.59 Å². The highest BCUT2D eigenvalue weighted by molar-refractivity contribution is 6.39. The van der Waals surface area contributed by atoms with Crippen LogP contribution in [0.25, 0.3) is 0 Å². The van der Waals surface area contributed by atoms with Crippen molar-refractivity contribution in [1.29, 1.82) is 0 Å². The first-order valence-corrected chi connectivity index (χ1v) is 6.76. The highest BCUT2D eigenvalue weighted by Gasteiger charge is 2.17. The lowest BCUT2D eigenvalue weighted by Crippen LogP contribution is -2.37. The number of benzene rings is 1. The van der Waals surface area contributed by atoms with Crippen LogP contribution in [0.4, 0.5) is 0 Å². The second kappa shape index (κ2) is 6.32. The first-order valence-electron chi connectivity index (χ1n) is 6.76. The summed E-state index contributed by atoms with van der Waals surface area (Å²) in [5.74, 6) is -0.341. The summed E-state index contributed by atoms with van der Waals surface area (Å²) in [6, 6.07) is 6.31. The molecule has 1 heterocycles. The monoisotopic (exact) mass is 273 g/mol. The smallest absolute Gasteiger partial charge is 0.267 e. The third-order valence-electron chi connectivity index (χ3n) is 3.35. The molecule has 20 heavy (non-hydrogen) atoms. The minimum Gasteiger partial charge on any atom is -0.351 e. The lowest BCUT2D eigenvalue weighted by molar-refractivity contribution is -0.121. The maximum absolute atomic E-state index is 11.9. The van der Waals surface area contributed by atoms with Gasteiger partial charge < -0.3 is 5.32 Å². The molecule has 2 rings (SSSR count). The molecule has 0 radical (unpaired) electrons. The summed E-state index contributed by atoms with van der Waals surface area (Å²) in [5.41, 5.74) is 6.41. The highest BCUT2D eigenvalue weighted by atomic mass is 16.2. The van der Waals surface area contributed by atoms with Gasteiger partial charge >= 0.3 is 0 Å². The number of amides is 2. The summed E-state index contributed by atoms with van der Waals surface area (Å²) < 4.78 is 0.